The Balaban J connectivity index is 1.53. The SMILES string of the molecule is Cc1nnnn1-c1cc(NC(=O)c2ccc(S(=O)(=O)N(C)c3ccccc3)cc2)ccc1F. The third kappa shape index (κ3) is 4.44. The van der Waals surface area contributed by atoms with E-state index in [0.717, 1.165) is 0 Å². The number of aromatic nitrogens is 4. The van der Waals surface area contributed by atoms with E-state index >= 15 is 0 Å². The molecule has 0 unspecified atom stereocenters. The first-order valence-electron chi connectivity index (χ1n) is 9.77. The van der Waals surface area contributed by atoms with E-state index in [1.807, 2.05) is 0 Å². The van der Waals surface area contributed by atoms with Crippen LogP contribution in [-0.2, 0) is 10.0 Å². The van der Waals surface area contributed by atoms with E-state index in [1.54, 1.807) is 37.3 Å². The Kier molecular flexibility index (Phi) is 5.88. The standard InChI is InChI=1S/C22H19FN6O3S/c1-15-25-26-27-29(15)21-14-17(10-13-20(21)23)24-22(30)16-8-11-19(12-9-16)33(31,32)28(2)18-6-4-3-5-7-18/h3-14H,1-2H3,(H,24,30). The molecule has 0 saturated heterocycles. The molecule has 0 radical (unpaired) electrons. The molecular formula is C22H19FN6O3S. The molecule has 0 spiro atoms. The van der Waals surface area contributed by atoms with E-state index in [0.29, 0.717) is 17.2 Å². The van der Waals surface area contributed by atoms with Crippen LogP contribution >= 0.6 is 0 Å². The number of halogens is 1. The van der Waals surface area contributed by atoms with Crippen molar-refractivity contribution in [3.05, 3.63) is 90.0 Å². The molecule has 4 aromatic rings. The highest BCUT2D eigenvalue weighted by atomic mass is 32.2. The van der Waals surface area contributed by atoms with E-state index in [-0.39, 0.29) is 16.1 Å². The normalized spacial score (nSPS) is 11.2. The summed E-state index contributed by atoms with van der Waals surface area (Å²) in [4.78, 5) is 12.7. The Hall–Kier alpha value is -4.12. The smallest absolute Gasteiger partial charge is 0.264 e. The van der Waals surface area contributed by atoms with Gasteiger partial charge < -0.3 is 5.32 Å². The highest BCUT2D eigenvalue weighted by Crippen LogP contribution is 2.23. The van der Waals surface area contributed by atoms with Gasteiger partial charge in [-0.15, -0.1) is 5.10 Å². The van der Waals surface area contributed by atoms with E-state index in [4.69, 9.17) is 0 Å². The zero-order chi connectivity index (χ0) is 23.6. The highest BCUT2D eigenvalue weighted by Gasteiger charge is 2.21. The molecule has 0 aliphatic rings. The second-order valence-corrected chi connectivity index (χ2v) is 9.06. The third-order valence-corrected chi connectivity index (χ3v) is 6.75. The lowest BCUT2D eigenvalue weighted by Crippen LogP contribution is -2.26. The fourth-order valence-corrected chi connectivity index (χ4v) is 4.32. The molecule has 1 aromatic heterocycles. The Morgan fingerprint density at radius 2 is 1.73 bits per heavy atom. The van der Waals surface area contributed by atoms with Crippen LogP contribution in [0.3, 0.4) is 0 Å². The zero-order valence-corrected chi connectivity index (χ0v) is 18.5. The Morgan fingerprint density at radius 3 is 2.36 bits per heavy atom. The van der Waals surface area contributed by atoms with Gasteiger partial charge in [-0.3, -0.25) is 9.10 Å². The van der Waals surface area contributed by atoms with Crippen LogP contribution in [0.4, 0.5) is 15.8 Å². The molecule has 9 nitrogen and oxygen atoms in total. The highest BCUT2D eigenvalue weighted by molar-refractivity contribution is 7.92. The second kappa shape index (κ2) is 8.79. The number of rotatable bonds is 6. The van der Waals surface area contributed by atoms with Gasteiger partial charge in [0.05, 0.1) is 10.6 Å². The molecule has 168 valence electrons. The average molecular weight is 466 g/mol. The molecule has 1 amide bonds. The number of carbonyl (C=O) groups is 1. The third-order valence-electron chi connectivity index (χ3n) is 4.95. The number of para-hydroxylation sites is 1. The van der Waals surface area contributed by atoms with Gasteiger partial charge in [-0.2, -0.15) is 4.68 Å². The van der Waals surface area contributed by atoms with Gasteiger partial charge >= 0.3 is 0 Å². The van der Waals surface area contributed by atoms with Crippen LogP contribution in [-0.4, -0.2) is 41.6 Å². The summed E-state index contributed by atoms with van der Waals surface area (Å²) in [5, 5.41) is 13.6. The predicted octanol–water partition coefficient (Wildman–Crippen LogP) is 3.19. The van der Waals surface area contributed by atoms with Crippen LogP contribution in [0.1, 0.15) is 16.2 Å². The molecule has 4 rings (SSSR count). The van der Waals surface area contributed by atoms with Crippen molar-refractivity contribution in [3.8, 4) is 5.69 Å². The molecule has 0 saturated carbocycles. The van der Waals surface area contributed by atoms with Crippen molar-refractivity contribution >= 4 is 27.3 Å². The maximum Gasteiger partial charge on any atom is 0.264 e. The maximum atomic E-state index is 14.2. The minimum absolute atomic E-state index is 0.0450. The number of benzene rings is 3. The summed E-state index contributed by atoms with van der Waals surface area (Å²) in [6, 6.07) is 18.2. The van der Waals surface area contributed by atoms with Crippen LogP contribution in [0.15, 0.2) is 77.7 Å². The lowest BCUT2D eigenvalue weighted by Gasteiger charge is -2.19. The molecule has 0 aliphatic carbocycles. The Morgan fingerprint density at radius 1 is 1.03 bits per heavy atom. The monoisotopic (exact) mass is 466 g/mol. The average Bonchev–Trinajstić information content (AvgIpc) is 3.26. The number of sulfonamides is 1. The van der Waals surface area contributed by atoms with Crippen molar-refractivity contribution in [2.45, 2.75) is 11.8 Å². The van der Waals surface area contributed by atoms with Gasteiger partial charge in [-0.25, -0.2) is 12.8 Å². The van der Waals surface area contributed by atoms with Gasteiger partial charge in [-0.1, -0.05) is 18.2 Å². The summed E-state index contributed by atoms with van der Waals surface area (Å²) < 4.78 is 42.4. The minimum Gasteiger partial charge on any atom is -0.322 e. The molecule has 1 heterocycles. The van der Waals surface area contributed by atoms with Gasteiger partial charge in [0.2, 0.25) is 0 Å². The van der Waals surface area contributed by atoms with Crippen LogP contribution in [0.2, 0.25) is 0 Å². The van der Waals surface area contributed by atoms with Crippen molar-refractivity contribution in [1.82, 2.24) is 20.2 Å². The lowest BCUT2D eigenvalue weighted by atomic mass is 10.2. The molecule has 0 bridgehead atoms. The van der Waals surface area contributed by atoms with Gasteiger partial charge in [0, 0.05) is 18.3 Å². The minimum atomic E-state index is -3.79. The van der Waals surface area contributed by atoms with Crippen molar-refractivity contribution in [2.75, 3.05) is 16.7 Å². The first-order chi connectivity index (χ1) is 15.8. The van der Waals surface area contributed by atoms with Crippen molar-refractivity contribution in [3.63, 3.8) is 0 Å². The number of hydrogen-bond donors (Lipinski definition) is 1. The van der Waals surface area contributed by atoms with E-state index < -0.39 is 21.7 Å². The summed E-state index contributed by atoms with van der Waals surface area (Å²) in [5.41, 5.74) is 1.16. The van der Waals surface area contributed by atoms with Gasteiger partial charge in [0.15, 0.2) is 5.82 Å². The zero-order valence-electron chi connectivity index (χ0n) is 17.7. The first-order valence-corrected chi connectivity index (χ1v) is 11.2. The lowest BCUT2D eigenvalue weighted by molar-refractivity contribution is 0.102. The van der Waals surface area contributed by atoms with Crippen LogP contribution in [0.5, 0.6) is 0 Å². The van der Waals surface area contributed by atoms with Crippen molar-refractivity contribution in [2.24, 2.45) is 0 Å². The van der Waals surface area contributed by atoms with Crippen LogP contribution in [0.25, 0.3) is 5.69 Å². The maximum absolute atomic E-state index is 14.2. The second-order valence-electron chi connectivity index (χ2n) is 7.09. The molecule has 33 heavy (non-hydrogen) atoms. The van der Waals surface area contributed by atoms with Crippen LogP contribution in [0, 0.1) is 12.7 Å². The number of aryl methyl sites for hydroxylation is 1. The molecule has 0 fully saturated rings. The summed E-state index contributed by atoms with van der Waals surface area (Å²) in [7, 11) is -2.33. The molecular weight excluding hydrogens is 447 g/mol. The van der Waals surface area contributed by atoms with Gasteiger partial charge in [0.25, 0.3) is 15.9 Å². The Bertz CT molecular complexity index is 1410. The largest absolute Gasteiger partial charge is 0.322 e. The number of nitrogens with one attached hydrogen (secondary N) is 1. The van der Waals surface area contributed by atoms with Crippen LogP contribution < -0.4 is 9.62 Å². The quantitative estimate of drug-likeness (QED) is 0.467. The Labute approximate surface area is 189 Å². The van der Waals surface area contributed by atoms with Gasteiger partial charge in [-0.05, 0) is 71.9 Å². The summed E-state index contributed by atoms with van der Waals surface area (Å²) in [5.74, 6) is -0.656. The number of nitrogens with zero attached hydrogens (tertiary/aromatic N) is 5. The number of tetrazole rings is 1. The number of anilines is 2. The number of amides is 1. The molecule has 11 heteroatoms. The summed E-state index contributed by atoms with van der Waals surface area (Å²) in [6.07, 6.45) is 0. The predicted molar refractivity (Wildman–Crippen MR) is 120 cm³/mol. The van der Waals surface area contributed by atoms with E-state index in [1.165, 1.54) is 58.5 Å². The molecule has 0 aliphatic heterocycles. The fourth-order valence-electron chi connectivity index (χ4n) is 3.12. The van der Waals surface area contributed by atoms with E-state index in [9.17, 15) is 17.6 Å². The van der Waals surface area contributed by atoms with Gasteiger partial charge in [0.1, 0.15) is 11.5 Å². The number of hydrogen-bond acceptors (Lipinski definition) is 6. The topological polar surface area (TPSA) is 110 Å². The number of carbonyl (C=O) groups excluding carboxylic acids is 1. The van der Waals surface area contributed by atoms with E-state index in [2.05, 4.69) is 20.8 Å². The first kappa shape index (κ1) is 22.1. The van der Waals surface area contributed by atoms with Crippen molar-refractivity contribution in [1.29, 1.82) is 0 Å². The summed E-state index contributed by atoms with van der Waals surface area (Å²) >= 11 is 0. The van der Waals surface area contributed by atoms with Crippen molar-refractivity contribution < 1.29 is 17.6 Å². The summed E-state index contributed by atoms with van der Waals surface area (Å²) in [6.45, 7) is 1.62. The fraction of sp³-hybridized carbons (Fsp3) is 0.0909. The molecule has 3 aromatic carbocycles. The molecule has 1 N–H and O–H groups in total. The molecule has 0 atom stereocenters.